The molecule has 3 N–H and O–H groups in total. The average molecular weight is 195 g/mol. The van der Waals surface area contributed by atoms with Gasteiger partial charge in [0.1, 0.15) is 0 Å². The normalized spacial score (nSPS) is 15.1. The number of aromatic amines is 1. The Bertz CT molecular complexity index is 422. The Kier molecular flexibility index (Phi) is 1.95. The van der Waals surface area contributed by atoms with Crippen LogP contribution >= 0.6 is 0 Å². The molecule has 0 spiro atoms. The fourth-order valence-corrected chi connectivity index (χ4v) is 1.06. The van der Waals surface area contributed by atoms with Crippen molar-refractivity contribution in [2.24, 2.45) is 0 Å². The van der Waals surface area contributed by atoms with Crippen molar-refractivity contribution >= 4 is 11.9 Å². The van der Waals surface area contributed by atoms with Crippen molar-refractivity contribution in [1.29, 1.82) is 0 Å². The summed E-state index contributed by atoms with van der Waals surface area (Å²) in [7, 11) is 0. The summed E-state index contributed by atoms with van der Waals surface area (Å²) in [5.41, 5.74) is -0.697. The second-order valence-electron chi connectivity index (χ2n) is 3.20. The van der Waals surface area contributed by atoms with Crippen molar-refractivity contribution in [2.45, 2.75) is 18.9 Å². The third-order valence-electron chi connectivity index (χ3n) is 1.88. The summed E-state index contributed by atoms with van der Waals surface area (Å²) in [5, 5.41) is 11.6. The third-order valence-corrected chi connectivity index (χ3v) is 1.88. The first kappa shape index (κ1) is 8.74. The van der Waals surface area contributed by atoms with Gasteiger partial charge in [0, 0.05) is 12.1 Å². The molecule has 0 saturated heterocycles. The number of hydrogen-bond acceptors (Lipinski definition) is 4. The van der Waals surface area contributed by atoms with Crippen molar-refractivity contribution in [3.8, 4) is 0 Å². The minimum Gasteiger partial charge on any atom is -0.477 e. The number of anilines is 1. The molecular formula is C8H9N3O3. The molecule has 0 radical (unpaired) electrons. The highest BCUT2D eigenvalue weighted by Gasteiger charge is 2.22. The SMILES string of the molecule is O=C(O)c1cc(=O)[nH]c(NC2CC2)n1. The molecule has 1 aliphatic carbocycles. The van der Waals surface area contributed by atoms with Crippen LogP contribution in [0.4, 0.5) is 5.95 Å². The number of nitrogens with one attached hydrogen (secondary N) is 2. The Balaban J connectivity index is 2.30. The molecule has 1 aliphatic rings. The summed E-state index contributed by atoms with van der Waals surface area (Å²) >= 11 is 0. The summed E-state index contributed by atoms with van der Waals surface area (Å²) in [6, 6.07) is 1.28. The Hall–Kier alpha value is -1.85. The van der Waals surface area contributed by atoms with Crippen LogP contribution in [0.3, 0.4) is 0 Å². The zero-order valence-electron chi connectivity index (χ0n) is 7.28. The predicted molar refractivity (Wildman–Crippen MR) is 48.5 cm³/mol. The molecule has 0 bridgehead atoms. The molecule has 14 heavy (non-hydrogen) atoms. The maximum Gasteiger partial charge on any atom is 0.354 e. The minimum atomic E-state index is -1.20. The molecule has 1 fully saturated rings. The molecule has 1 aromatic heterocycles. The lowest BCUT2D eigenvalue weighted by atomic mass is 10.4. The Morgan fingerprint density at radius 3 is 2.93 bits per heavy atom. The fraction of sp³-hybridized carbons (Fsp3) is 0.375. The van der Waals surface area contributed by atoms with Gasteiger partial charge in [0.2, 0.25) is 5.95 Å². The zero-order valence-corrected chi connectivity index (χ0v) is 7.28. The lowest BCUT2D eigenvalue weighted by Crippen LogP contribution is -2.17. The number of nitrogens with zero attached hydrogens (tertiary/aromatic N) is 1. The first-order valence-corrected chi connectivity index (χ1v) is 4.26. The maximum absolute atomic E-state index is 11.0. The number of H-pyrrole nitrogens is 1. The molecule has 1 heterocycles. The zero-order chi connectivity index (χ0) is 10.1. The summed E-state index contributed by atoms with van der Waals surface area (Å²) in [6.07, 6.45) is 2.06. The highest BCUT2D eigenvalue weighted by molar-refractivity contribution is 5.85. The van der Waals surface area contributed by atoms with Gasteiger partial charge >= 0.3 is 5.97 Å². The van der Waals surface area contributed by atoms with Crippen LogP contribution in [0.15, 0.2) is 10.9 Å². The molecule has 1 aromatic rings. The van der Waals surface area contributed by atoms with Crippen molar-refractivity contribution in [3.63, 3.8) is 0 Å². The number of aromatic carboxylic acids is 1. The Morgan fingerprint density at radius 2 is 2.36 bits per heavy atom. The first-order chi connectivity index (χ1) is 6.65. The average Bonchev–Trinajstić information content (AvgIpc) is 2.87. The van der Waals surface area contributed by atoms with Crippen LogP contribution in [0.5, 0.6) is 0 Å². The second kappa shape index (κ2) is 3.13. The van der Waals surface area contributed by atoms with Crippen LogP contribution in [0.2, 0.25) is 0 Å². The van der Waals surface area contributed by atoms with E-state index in [2.05, 4.69) is 15.3 Å². The number of rotatable bonds is 3. The lowest BCUT2D eigenvalue weighted by molar-refractivity contribution is 0.0690. The van der Waals surface area contributed by atoms with E-state index in [0.717, 1.165) is 18.9 Å². The minimum absolute atomic E-state index is 0.234. The van der Waals surface area contributed by atoms with Crippen molar-refractivity contribution < 1.29 is 9.90 Å². The molecule has 0 aliphatic heterocycles. The van der Waals surface area contributed by atoms with Crippen molar-refractivity contribution in [1.82, 2.24) is 9.97 Å². The molecule has 0 atom stereocenters. The van der Waals surface area contributed by atoms with Crippen LogP contribution in [-0.4, -0.2) is 27.1 Å². The molecule has 0 unspecified atom stereocenters. The van der Waals surface area contributed by atoms with E-state index in [0.29, 0.717) is 6.04 Å². The van der Waals surface area contributed by atoms with Gasteiger partial charge in [-0.3, -0.25) is 9.78 Å². The van der Waals surface area contributed by atoms with Crippen LogP contribution in [0.1, 0.15) is 23.3 Å². The Labute approximate surface area is 79.0 Å². The van der Waals surface area contributed by atoms with Gasteiger partial charge < -0.3 is 10.4 Å². The standard InChI is InChI=1S/C8H9N3O3/c12-6-3-5(7(13)14)10-8(11-6)9-4-1-2-4/h3-4H,1-2H2,(H,13,14)(H2,9,10,11,12). The summed E-state index contributed by atoms with van der Waals surface area (Å²) in [4.78, 5) is 27.8. The topological polar surface area (TPSA) is 95.1 Å². The van der Waals surface area contributed by atoms with Gasteiger partial charge in [-0.2, -0.15) is 0 Å². The van der Waals surface area contributed by atoms with Gasteiger partial charge in [0.25, 0.3) is 5.56 Å². The van der Waals surface area contributed by atoms with Gasteiger partial charge in [0.15, 0.2) is 5.69 Å². The highest BCUT2D eigenvalue weighted by Crippen LogP contribution is 2.22. The Morgan fingerprint density at radius 1 is 1.64 bits per heavy atom. The van der Waals surface area contributed by atoms with E-state index in [4.69, 9.17) is 5.11 Å². The molecule has 2 rings (SSSR count). The lowest BCUT2D eigenvalue weighted by Gasteiger charge is -2.02. The molecule has 0 amide bonds. The summed E-state index contributed by atoms with van der Waals surface area (Å²) < 4.78 is 0. The van der Waals surface area contributed by atoms with Crippen LogP contribution in [0, 0.1) is 0 Å². The van der Waals surface area contributed by atoms with E-state index in [-0.39, 0.29) is 11.6 Å². The van der Waals surface area contributed by atoms with Crippen LogP contribution in [-0.2, 0) is 0 Å². The van der Waals surface area contributed by atoms with Crippen LogP contribution < -0.4 is 10.9 Å². The van der Waals surface area contributed by atoms with Crippen molar-refractivity contribution in [2.75, 3.05) is 5.32 Å². The summed E-state index contributed by atoms with van der Waals surface area (Å²) in [5.74, 6) is -0.965. The smallest absolute Gasteiger partial charge is 0.354 e. The highest BCUT2D eigenvalue weighted by atomic mass is 16.4. The predicted octanol–water partition coefficient (Wildman–Crippen LogP) is 0.0424. The molecule has 74 valence electrons. The van der Waals surface area contributed by atoms with E-state index in [1.54, 1.807) is 0 Å². The van der Waals surface area contributed by atoms with Gasteiger partial charge in [-0.25, -0.2) is 9.78 Å². The third kappa shape index (κ3) is 1.90. The van der Waals surface area contributed by atoms with Gasteiger partial charge in [-0.15, -0.1) is 0 Å². The van der Waals surface area contributed by atoms with E-state index < -0.39 is 11.5 Å². The fourth-order valence-electron chi connectivity index (χ4n) is 1.06. The van der Waals surface area contributed by atoms with Gasteiger partial charge in [-0.1, -0.05) is 0 Å². The number of carboxylic acid groups (broad SMARTS) is 1. The number of carbonyl (C=O) groups is 1. The molecular weight excluding hydrogens is 186 g/mol. The maximum atomic E-state index is 11.0. The molecule has 0 aromatic carbocycles. The van der Waals surface area contributed by atoms with E-state index >= 15 is 0 Å². The van der Waals surface area contributed by atoms with E-state index in [9.17, 15) is 9.59 Å². The first-order valence-electron chi connectivity index (χ1n) is 4.26. The van der Waals surface area contributed by atoms with E-state index in [1.807, 2.05) is 0 Å². The molecule has 6 nitrogen and oxygen atoms in total. The number of hydrogen-bond donors (Lipinski definition) is 3. The number of aromatic nitrogens is 2. The quantitative estimate of drug-likeness (QED) is 0.633. The molecule has 1 saturated carbocycles. The van der Waals surface area contributed by atoms with Gasteiger partial charge in [-0.05, 0) is 12.8 Å². The van der Waals surface area contributed by atoms with Crippen LogP contribution in [0.25, 0.3) is 0 Å². The molecule has 6 heteroatoms. The van der Waals surface area contributed by atoms with Gasteiger partial charge in [0.05, 0.1) is 0 Å². The second-order valence-corrected chi connectivity index (χ2v) is 3.20. The number of carboxylic acids is 1. The summed E-state index contributed by atoms with van der Waals surface area (Å²) in [6.45, 7) is 0. The monoisotopic (exact) mass is 195 g/mol. The van der Waals surface area contributed by atoms with Crippen molar-refractivity contribution in [3.05, 3.63) is 22.1 Å². The van der Waals surface area contributed by atoms with E-state index in [1.165, 1.54) is 0 Å². The largest absolute Gasteiger partial charge is 0.477 e.